The van der Waals surface area contributed by atoms with E-state index in [9.17, 15) is 9.59 Å². The Morgan fingerprint density at radius 2 is 2.29 bits per heavy atom. The number of halogens is 1. The molecule has 0 saturated heterocycles. The number of rotatable bonds is 2. The molecule has 1 aromatic rings. The number of imidazole rings is 1. The number of urea groups is 1. The molecule has 0 unspecified atom stereocenters. The first-order valence-electron chi connectivity index (χ1n) is 5.35. The molecule has 7 heteroatoms. The zero-order valence-electron chi connectivity index (χ0n) is 9.23. The number of hydrogen-bond acceptors (Lipinski definition) is 3. The van der Waals surface area contributed by atoms with Crippen LogP contribution in [-0.2, 0) is 17.9 Å². The molecule has 3 amide bonds. The fraction of sp³-hybridized carbons (Fsp3) is 0.500. The van der Waals surface area contributed by atoms with Crippen LogP contribution in [0.15, 0.2) is 12.4 Å². The lowest BCUT2D eigenvalue weighted by Gasteiger charge is -2.27. The number of nitrogens with zero attached hydrogens (tertiary/aromatic N) is 3. The highest BCUT2D eigenvalue weighted by Gasteiger charge is 2.22. The van der Waals surface area contributed by atoms with E-state index in [0.717, 1.165) is 5.82 Å². The first kappa shape index (κ1) is 11.9. The summed E-state index contributed by atoms with van der Waals surface area (Å²) in [5.41, 5.74) is 0. The molecule has 1 aliphatic rings. The standard InChI is InChI=1S/C10H13ClN4O2/c11-2-1-9(16)13-10(17)15-6-5-14-4-3-12-8(14)7-15/h3-4H,1-2,5-7H2,(H,13,16,17). The number of aromatic nitrogens is 2. The lowest BCUT2D eigenvalue weighted by molar-refractivity contribution is -0.119. The third kappa shape index (κ3) is 2.76. The topological polar surface area (TPSA) is 67.2 Å². The van der Waals surface area contributed by atoms with Crippen molar-refractivity contribution in [2.45, 2.75) is 19.5 Å². The average Bonchev–Trinajstić information content (AvgIpc) is 2.75. The fourth-order valence-electron chi connectivity index (χ4n) is 1.69. The van der Waals surface area contributed by atoms with Crippen LogP contribution in [0.5, 0.6) is 0 Å². The van der Waals surface area contributed by atoms with Crippen molar-refractivity contribution in [1.29, 1.82) is 0 Å². The van der Waals surface area contributed by atoms with Crippen LogP contribution in [-0.4, -0.2) is 38.8 Å². The summed E-state index contributed by atoms with van der Waals surface area (Å²) in [7, 11) is 0. The summed E-state index contributed by atoms with van der Waals surface area (Å²) >= 11 is 5.42. The van der Waals surface area contributed by atoms with Crippen LogP contribution in [0, 0.1) is 0 Å². The normalized spacial score (nSPS) is 14.3. The van der Waals surface area contributed by atoms with Crippen molar-refractivity contribution in [1.82, 2.24) is 19.8 Å². The van der Waals surface area contributed by atoms with Crippen LogP contribution in [0.25, 0.3) is 0 Å². The van der Waals surface area contributed by atoms with E-state index in [1.165, 1.54) is 0 Å². The van der Waals surface area contributed by atoms with Crippen molar-refractivity contribution in [2.24, 2.45) is 0 Å². The van der Waals surface area contributed by atoms with Gasteiger partial charge in [-0.2, -0.15) is 0 Å². The SMILES string of the molecule is O=C(CCCl)NC(=O)N1CCn2ccnc2C1. The van der Waals surface area contributed by atoms with Crippen molar-refractivity contribution >= 4 is 23.5 Å². The van der Waals surface area contributed by atoms with Gasteiger partial charge in [-0.05, 0) is 0 Å². The minimum absolute atomic E-state index is 0.149. The summed E-state index contributed by atoms with van der Waals surface area (Å²) in [5, 5.41) is 2.30. The Morgan fingerprint density at radius 1 is 1.47 bits per heavy atom. The van der Waals surface area contributed by atoms with Gasteiger partial charge in [0.1, 0.15) is 5.82 Å². The van der Waals surface area contributed by atoms with E-state index in [1.807, 2.05) is 10.8 Å². The highest BCUT2D eigenvalue weighted by Crippen LogP contribution is 2.09. The van der Waals surface area contributed by atoms with Crippen molar-refractivity contribution < 1.29 is 9.59 Å². The fourth-order valence-corrected chi connectivity index (χ4v) is 1.87. The quantitative estimate of drug-likeness (QED) is 0.787. The molecule has 2 rings (SSSR count). The van der Waals surface area contributed by atoms with E-state index >= 15 is 0 Å². The summed E-state index contributed by atoms with van der Waals surface area (Å²) in [6, 6.07) is -0.380. The van der Waals surface area contributed by atoms with Gasteiger partial charge in [0.2, 0.25) is 5.91 Å². The maximum Gasteiger partial charge on any atom is 0.324 e. The molecule has 1 N–H and O–H groups in total. The van der Waals surface area contributed by atoms with E-state index in [-0.39, 0.29) is 24.2 Å². The number of amides is 3. The molecule has 17 heavy (non-hydrogen) atoms. The van der Waals surface area contributed by atoms with Crippen LogP contribution in [0.3, 0.4) is 0 Å². The van der Waals surface area contributed by atoms with Gasteiger partial charge in [0.25, 0.3) is 0 Å². The van der Waals surface area contributed by atoms with Gasteiger partial charge >= 0.3 is 6.03 Å². The second-order valence-corrected chi connectivity index (χ2v) is 4.13. The lowest BCUT2D eigenvalue weighted by atomic mass is 10.3. The summed E-state index contributed by atoms with van der Waals surface area (Å²) in [4.78, 5) is 28.7. The van der Waals surface area contributed by atoms with E-state index < -0.39 is 0 Å². The first-order valence-corrected chi connectivity index (χ1v) is 5.89. The molecule has 6 nitrogen and oxygen atoms in total. The summed E-state index contributed by atoms with van der Waals surface area (Å²) in [6.07, 6.45) is 3.73. The average molecular weight is 257 g/mol. The van der Waals surface area contributed by atoms with E-state index in [4.69, 9.17) is 11.6 Å². The van der Waals surface area contributed by atoms with Crippen LogP contribution >= 0.6 is 11.6 Å². The molecule has 0 spiro atoms. The minimum atomic E-state index is -0.380. The lowest BCUT2D eigenvalue weighted by Crippen LogP contribution is -2.46. The molecular formula is C10H13ClN4O2. The maximum absolute atomic E-state index is 11.7. The second kappa shape index (κ2) is 5.18. The molecule has 2 heterocycles. The number of imide groups is 1. The molecule has 0 radical (unpaired) electrons. The summed E-state index contributed by atoms with van der Waals surface area (Å²) in [6.45, 7) is 1.70. The number of hydrogen-bond donors (Lipinski definition) is 1. The van der Waals surface area contributed by atoms with Crippen LogP contribution in [0.2, 0.25) is 0 Å². The van der Waals surface area contributed by atoms with Crippen molar-refractivity contribution in [2.75, 3.05) is 12.4 Å². The molecule has 92 valence electrons. The van der Waals surface area contributed by atoms with Gasteiger partial charge in [0.05, 0.1) is 6.54 Å². The van der Waals surface area contributed by atoms with Gasteiger partial charge in [-0.1, -0.05) is 0 Å². The number of carbonyl (C=O) groups is 2. The summed E-state index contributed by atoms with van der Waals surface area (Å²) in [5.74, 6) is 0.693. The van der Waals surface area contributed by atoms with Gasteiger partial charge < -0.3 is 9.47 Å². The predicted molar refractivity (Wildman–Crippen MR) is 61.5 cm³/mol. The number of fused-ring (bicyclic) bond motifs is 1. The number of nitrogens with one attached hydrogen (secondary N) is 1. The van der Waals surface area contributed by atoms with Crippen LogP contribution < -0.4 is 5.32 Å². The number of carbonyl (C=O) groups excluding carboxylic acids is 2. The van der Waals surface area contributed by atoms with Gasteiger partial charge in [-0.25, -0.2) is 9.78 Å². The van der Waals surface area contributed by atoms with Crippen molar-refractivity contribution in [3.63, 3.8) is 0 Å². The molecule has 1 aliphatic heterocycles. The zero-order chi connectivity index (χ0) is 12.3. The van der Waals surface area contributed by atoms with Crippen molar-refractivity contribution in [3.05, 3.63) is 18.2 Å². The smallest absolute Gasteiger partial charge is 0.324 e. The van der Waals surface area contributed by atoms with Gasteiger partial charge in [-0.15, -0.1) is 11.6 Å². The van der Waals surface area contributed by atoms with Gasteiger partial charge in [-0.3, -0.25) is 10.1 Å². The monoisotopic (exact) mass is 256 g/mol. The predicted octanol–water partition coefficient (Wildman–Crippen LogP) is 0.564. The zero-order valence-corrected chi connectivity index (χ0v) is 9.98. The molecule has 0 bridgehead atoms. The maximum atomic E-state index is 11.7. The third-order valence-electron chi connectivity index (χ3n) is 2.60. The van der Waals surface area contributed by atoms with Crippen molar-refractivity contribution in [3.8, 4) is 0 Å². The van der Waals surface area contributed by atoms with Gasteiger partial charge in [0.15, 0.2) is 0 Å². The van der Waals surface area contributed by atoms with Crippen LogP contribution in [0.4, 0.5) is 4.79 Å². The first-order chi connectivity index (χ1) is 8.20. The Morgan fingerprint density at radius 3 is 3.06 bits per heavy atom. The molecule has 1 aromatic heterocycles. The Kier molecular flexibility index (Phi) is 3.63. The Labute approximate surface area is 104 Å². The minimum Gasteiger partial charge on any atom is -0.332 e. The highest BCUT2D eigenvalue weighted by molar-refractivity contribution is 6.19. The molecule has 0 aliphatic carbocycles. The number of alkyl halides is 1. The molecule has 0 atom stereocenters. The molecular weight excluding hydrogens is 244 g/mol. The van der Waals surface area contributed by atoms with E-state index in [0.29, 0.717) is 19.6 Å². The summed E-state index contributed by atoms with van der Waals surface area (Å²) < 4.78 is 1.99. The second-order valence-electron chi connectivity index (χ2n) is 3.75. The third-order valence-corrected chi connectivity index (χ3v) is 2.79. The van der Waals surface area contributed by atoms with Crippen LogP contribution in [0.1, 0.15) is 12.2 Å². The highest BCUT2D eigenvalue weighted by atomic mass is 35.5. The van der Waals surface area contributed by atoms with Gasteiger partial charge in [0, 0.05) is 37.8 Å². The van der Waals surface area contributed by atoms with E-state index in [2.05, 4.69) is 10.3 Å². The van der Waals surface area contributed by atoms with E-state index in [1.54, 1.807) is 11.1 Å². The molecule has 0 saturated carbocycles. The molecule has 0 aromatic carbocycles. The Balaban J connectivity index is 1.92. The Bertz CT molecular complexity index is 432. The molecule has 0 fully saturated rings. The largest absolute Gasteiger partial charge is 0.332 e. The Hall–Kier alpha value is -1.56.